The molecule has 0 radical (unpaired) electrons. The van der Waals surface area contributed by atoms with Crippen LogP contribution in [-0.4, -0.2) is 206 Å². The summed E-state index contributed by atoms with van der Waals surface area (Å²) in [5.41, 5.74) is -3.78. The number of nitrogens with two attached hydrogens (primary N) is 1. The number of carboxylic acid groups (broad SMARTS) is 2. The number of esters is 1. The fourth-order valence-corrected chi connectivity index (χ4v) is 24.6. The highest BCUT2D eigenvalue weighted by Crippen LogP contribution is 2.66. The van der Waals surface area contributed by atoms with Crippen LogP contribution in [0.2, 0.25) is 0 Å². The number of nitrogens with zero attached hydrogens (tertiary/aromatic N) is 4. The number of ether oxygens (including phenoxy) is 2. The normalized spacial score (nSPS) is 22.1. The van der Waals surface area contributed by atoms with E-state index >= 15 is 0 Å². The topological polar surface area (TPSA) is 349 Å². The molecule has 4 aliphatic heterocycles. The van der Waals surface area contributed by atoms with E-state index in [4.69, 9.17) is 19.7 Å². The average molecular weight is 2140 g/mol. The van der Waals surface area contributed by atoms with Gasteiger partial charge in [-0.25, -0.2) is 39.9 Å². The van der Waals surface area contributed by atoms with Gasteiger partial charge in [-0.15, -0.1) is 0 Å². The molecule has 24 nitrogen and oxygen atoms in total. The van der Waals surface area contributed by atoms with Gasteiger partial charge >= 0.3 is 67.2 Å². The Morgan fingerprint density at radius 3 is 1.09 bits per heavy atom. The second-order valence-corrected chi connectivity index (χ2v) is 43.8. The van der Waals surface area contributed by atoms with Crippen LogP contribution in [0.5, 0.6) is 0 Å². The number of hydrogen-bond acceptors (Lipinski definition) is 17. The number of benzene rings is 6. The molecule has 6 unspecified atom stereocenters. The van der Waals surface area contributed by atoms with E-state index in [1.807, 2.05) is 24.3 Å². The molecule has 7 amide bonds. The first kappa shape index (κ1) is 108. The number of nitrogens with one attached hydrogen (secondary N) is 1. The Hall–Kier alpha value is -10.9. The van der Waals surface area contributed by atoms with Gasteiger partial charge < -0.3 is 30.7 Å². The lowest BCUT2D eigenvalue weighted by Crippen LogP contribution is -2.63. The van der Waals surface area contributed by atoms with E-state index in [0.717, 1.165) is 59.3 Å². The van der Waals surface area contributed by atoms with Crippen LogP contribution < -0.4 is 11.1 Å². The predicted octanol–water partition coefficient (Wildman–Crippen LogP) is 19.0. The summed E-state index contributed by atoms with van der Waals surface area (Å²) in [5, 5.41) is 18.4. The molecule has 6 fully saturated rings. The minimum absolute atomic E-state index is 0.0178. The summed E-state index contributed by atoms with van der Waals surface area (Å²) in [6, 6.07) is 33.2. The SMILES string of the molecule is C=C(C(=O)N1C2CC3CCC2(C3)CS1(=O)=O)N1C(=O)c2ccccc2C1=O.CC(=O)OCC1c2ccccc2-c2ccccc21.CC(C)(C)I.CC(C)(C[C@@H](C(=O)N1C2CC3CCC2(C3)CS1(=O)=O)N1C(=O)c2ccccc2C1=O)C(F)(F)F.N[C@@H](CC(C(F)(F)F)(C(F)(F)F)C(F)(F)F)C(=O)O.O=C(N[C@@H](CC(C(F)(F)F)(C(F)(F)F)C(F)(F)F)C(=O)O)OCC1c2ccccc2-c2ccccc21. The maximum Gasteiger partial charge on any atom is 0.412 e. The smallest absolute Gasteiger partial charge is 0.412 e. The molecule has 4 saturated carbocycles. The van der Waals surface area contributed by atoms with Crippen molar-refractivity contribution in [3.63, 3.8) is 0 Å². The highest BCUT2D eigenvalue weighted by molar-refractivity contribution is 14.1. The summed E-state index contributed by atoms with van der Waals surface area (Å²) in [6.45, 7) is 13.3. The van der Waals surface area contributed by atoms with Crippen LogP contribution in [0.3, 0.4) is 0 Å². The van der Waals surface area contributed by atoms with Crippen LogP contribution >= 0.6 is 22.6 Å². The standard InChI is InChI=1S/C23H25F3N2O5S.C22H16F9NO4.C19H18N2O5S.C16H14O2.C7H6F9NO2.C4H9I/c1-21(2,23(24,25)26)11-16(27-18(29)14-5-3-4-6-15(14)19(27)30)20(31)28-17-9-13-7-8-22(17,10-13)12-34(28,32)33;23-20(24,25)19(21(26,27)28,22(29,30)31)9-16(17(33)34)32-18(35)36-10-15-13-7-3-1-5-11(13)12-6-2-4-8-14(12)15;1-11(20-17(23)13-4-2-3-5-14(13)18(20)24)16(22)21-15-8-12-6-7-19(15,9-12)10-27(21,25)26;1-11(17)18-10-16-14-8-4-2-6-12(14)13-7-3-5-9-15(13)16;8-5(9,10)4(6(11,12)13,7(14,15)16)1-2(17)3(18)19;1-4(2,3)5/h3-6,13,16-17H,7-12H2,1-2H3;1-8,15-16H,9-10H2,(H,32,35)(H,33,34);2-5,12,15H,1,6-10H2;2-9,16H,10H2,1H3;2H,1,17H2,(H,18,19);1-3H3/t13?,16-,17?,22?;16-;;;2-;/m00..0./s1. The van der Waals surface area contributed by atoms with Gasteiger partial charge in [-0.05, 0) is 138 Å². The molecule has 5 N–H and O–H groups in total. The van der Waals surface area contributed by atoms with Crippen LogP contribution in [0.25, 0.3) is 22.3 Å². The lowest BCUT2D eigenvalue weighted by atomic mass is 9.79. The van der Waals surface area contributed by atoms with Crippen LogP contribution in [0.15, 0.2) is 158 Å². The molecule has 6 aromatic rings. The van der Waals surface area contributed by atoms with E-state index in [9.17, 15) is 157 Å². The average Bonchev–Trinajstić information content (AvgIpc) is 1.63. The summed E-state index contributed by atoms with van der Waals surface area (Å²) in [5.74, 6) is -10.3. The number of sulfonamides is 2. The van der Waals surface area contributed by atoms with Gasteiger partial charge in [0.2, 0.25) is 20.0 Å². The van der Waals surface area contributed by atoms with Gasteiger partial charge in [0.15, 0.2) is 0 Å². The molecular formula is C91H88F21IN6O18S2. The Morgan fingerprint density at radius 2 is 0.777 bits per heavy atom. The van der Waals surface area contributed by atoms with Gasteiger partial charge in [0.05, 0.1) is 51.3 Å². The number of carbonyl (C=O) groups is 10. The number of amides is 7. The van der Waals surface area contributed by atoms with Crippen molar-refractivity contribution in [3.8, 4) is 22.3 Å². The number of halogens is 22. The second-order valence-electron chi connectivity index (χ2n) is 36.9. The molecule has 4 heterocycles. The van der Waals surface area contributed by atoms with Crippen LogP contribution in [-0.2, 0) is 53.5 Å². The molecule has 48 heteroatoms. The largest absolute Gasteiger partial charge is 0.480 e. The van der Waals surface area contributed by atoms with Gasteiger partial charge in [-0.1, -0.05) is 185 Å². The molecule has 4 bridgehead atoms. The zero-order chi connectivity index (χ0) is 104. The van der Waals surface area contributed by atoms with E-state index < -0.39 is 200 Å². The molecule has 2 saturated heterocycles. The van der Waals surface area contributed by atoms with Crippen LogP contribution in [0, 0.1) is 38.9 Å². The number of rotatable bonds is 17. The third-order valence-electron chi connectivity index (χ3n) is 26.4. The van der Waals surface area contributed by atoms with E-state index in [-0.39, 0.29) is 63.0 Å². The first-order valence-corrected chi connectivity index (χ1v) is 46.7. The fraction of sp³-hybridized carbons (Fsp3) is 0.473. The lowest BCUT2D eigenvalue weighted by Gasteiger charge is -2.39. The first-order valence-electron chi connectivity index (χ1n) is 42.4. The van der Waals surface area contributed by atoms with Crippen LogP contribution in [0.4, 0.5) is 97.0 Å². The van der Waals surface area contributed by atoms with Crippen molar-refractivity contribution >= 4 is 102 Å². The van der Waals surface area contributed by atoms with E-state index in [2.05, 4.69) is 79.9 Å². The number of hydrogen-bond donors (Lipinski definition) is 4. The van der Waals surface area contributed by atoms with Gasteiger partial charge in [-0.3, -0.25) is 43.3 Å². The molecule has 0 aromatic heterocycles. The third-order valence-corrected chi connectivity index (χ3v) is 30.3. The van der Waals surface area contributed by atoms with Crippen molar-refractivity contribution in [3.05, 3.63) is 202 Å². The van der Waals surface area contributed by atoms with Gasteiger partial charge in [0.1, 0.15) is 37.0 Å². The van der Waals surface area contributed by atoms with Crippen LogP contribution in [0.1, 0.15) is 188 Å². The Bertz CT molecular complexity index is 5840. The van der Waals surface area contributed by atoms with Gasteiger partial charge in [0, 0.05) is 45.9 Å². The maximum atomic E-state index is 13.8. The summed E-state index contributed by atoms with van der Waals surface area (Å²) in [7, 11) is -7.90. The Labute approximate surface area is 793 Å². The Kier molecular flexibility index (Phi) is 30.0. The van der Waals surface area contributed by atoms with Crippen molar-refractivity contribution in [2.24, 2.45) is 44.6 Å². The fourth-order valence-electron chi connectivity index (χ4n) is 19.8. The molecule has 10 aliphatic rings. The minimum atomic E-state index is -6.97. The monoisotopic (exact) mass is 2140 g/mol. The van der Waals surface area contributed by atoms with Gasteiger partial charge in [0.25, 0.3) is 46.3 Å². The highest BCUT2D eigenvalue weighted by Gasteiger charge is 2.85. The van der Waals surface area contributed by atoms with Crippen molar-refractivity contribution in [2.45, 2.75) is 201 Å². The lowest BCUT2D eigenvalue weighted by molar-refractivity contribution is -0.430. The predicted molar refractivity (Wildman–Crippen MR) is 459 cm³/mol. The van der Waals surface area contributed by atoms with Gasteiger partial charge in [-0.2, -0.15) is 92.2 Å². The van der Waals surface area contributed by atoms with Crippen molar-refractivity contribution < 1.29 is 177 Å². The number of carboxylic acids is 2. The first-order chi connectivity index (χ1) is 63.8. The van der Waals surface area contributed by atoms with E-state index in [1.54, 1.807) is 60.7 Å². The Morgan fingerprint density at radius 1 is 0.468 bits per heavy atom. The summed E-state index contributed by atoms with van der Waals surface area (Å²) >= 11 is 2.38. The number of alkyl carbamates (subject to hydrolysis) is 1. The number of imide groups is 2. The summed E-state index contributed by atoms with van der Waals surface area (Å²) in [6.07, 6.45) is -48.9. The molecule has 6 aliphatic carbocycles. The molecular weight excluding hydrogens is 2060 g/mol. The molecule has 2 spiro atoms. The molecule has 9 atom stereocenters. The second kappa shape index (κ2) is 38.5. The third kappa shape index (κ3) is 20.8. The minimum Gasteiger partial charge on any atom is -0.480 e. The number of carbonyl (C=O) groups excluding carboxylic acids is 8. The number of fused-ring (bicyclic) bond motifs is 10. The highest BCUT2D eigenvalue weighted by atomic mass is 127. The zero-order valence-electron chi connectivity index (χ0n) is 73.8. The molecule has 6 aromatic carbocycles. The van der Waals surface area contributed by atoms with E-state index in [0.29, 0.717) is 62.6 Å². The van der Waals surface area contributed by atoms with Crippen molar-refractivity contribution in [1.82, 2.24) is 23.7 Å². The molecule has 139 heavy (non-hydrogen) atoms. The Balaban J connectivity index is 0.000000168. The molecule has 756 valence electrons. The maximum absolute atomic E-state index is 13.8. The zero-order valence-corrected chi connectivity index (χ0v) is 77.6. The quantitative estimate of drug-likeness (QED) is 0.0165. The van der Waals surface area contributed by atoms with Crippen molar-refractivity contribution in [1.29, 1.82) is 0 Å². The number of aliphatic carboxylic acids is 2. The summed E-state index contributed by atoms with van der Waals surface area (Å²) < 4.78 is 335. The van der Waals surface area contributed by atoms with E-state index in [1.165, 1.54) is 70.9 Å². The molecule has 16 rings (SSSR count). The summed E-state index contributed by atoms with van der Waals surface area (Å²) in [4.78, 5) is 124. The number of alkyl halides is 22. The van der Waals surface area contributed by atoms with Crippen molar-refractivity contribution in [2.75, 3.05) is 24.7 Å².